The molecule has 1 aliphatic rings. The molecule has 26 heavy (non-hydrogen) atoms. The molecule has 1 aliphatic heterocycles. The van der Waals surface area contributed by atoms with E-state index in [4.69, 9.17) is 4.52 Å². The van der Waals surface area contributed by atoms with E-state index in [2.05, 4.69) is 20.1 Å². The van der Waals surface area contributed by atoms with Crippen LogP contribution in [0.2, 0.25) is 0 Å². The van der Waals surface area contributed by atoms with Crippen LogP contribution >= 0.6 is 0 Å². The molecule has 0 unspecified atom stereocenters. The number of aromatic amines is 1. The summed E-state index contributed by atoms with van der Waals surface area (Å²) >= 11 is 0. The maximum Gasteiger partial charge on any atom is 0.270 e. The second kappa shape index (κ2) is 6.70. The van der Waals surface area contributed by atoms with Crippen molar-refractivity contribution in [3.8, 4) is 0 Å². The van der Waals surface area contributed by atoms with Gasteiger partial charge in [0.15, 0.2) is 5.82 Å². The van der Waals surface area contributed by atoms with Crippen molar-refractivity contribution < 1.29 is 9.32 Å². The molecule has 1 amide bonds. The molecule has 0 spiro atoms. The van der Waals surface area contributed by atoms with Crippen LogP contribution in [-0.4, -0.2) is 44.0 Å². The number of amides is 1. The van der Waals surface area contributed by atoms with Crippen molar-refractivity contribution in [1.82, 2.24) is 25.0 Å². The van der Waals surface area contributed by atoms with Gasteiger partial charge >= 0.3 is 0 Å². The molecule has 1 saturated heterocycles. The molecule has 0 radical (unpaired) electrons. The number of aromatic nitrogens is 4. The summed E-state index contributed by atoms with van der Waals surface area (Å²) in [5.74, 6) is 1.29. The first-order valence-corrected chi connectivity index (χ1v) is 8.66. The van der Waals surface area contributed by atoms with E-state index in [-0.39, 0.29) is 23.8 Å². The molecule has 1 fully saturated rings. The van der Waals surface area contributed by atoms with Crippen molar-refractivity contribution in [1.29, 1.82) is 0 Å². The topological polar surface area (TPSA) is 105 Å². The lowest BCUT2D eigenvalue weighted by Crippen LogP contribution is -2.29. The average Bonchev–Trinajstić information content (AvgIpc) is 3.28. The molecule has 3 heterocycles. The zero-order valence-electron chi connectivity index (χ0n) is 14.4. The summed E-state index contributed by atoms with van der Waals surface area (Å²) in [6, 6.07) is 7.36. The first-order chi connectivity index (χ1) is 12.6. The lowest BCUT2D eigenvalue weighted by atomic mass is 10.1. The second-order valence-electron chi connectivity index (χ2n) is 6.53. The first-order valence-electron chi connectivity index (χ1n) is 8.66. The molecule has 3 aromatic rings. The Bertz CT molecular complexity index is 1010. The molecule has 8 heteroatoms. The molecule has 4 rings (SSSR count). The molecule has 1 aromatic carbocycles. The van der Waals surface area contributed by atoms with Gasteiger partial charge in [-0.3, -0.25) is 9.59 Å². The Morgan fingerprint density at radius 1 is 1.35 bits per heavy atom. The fourth-order valence-electron chi connectivity index (χ4n) is 3.29. The minimum atomic E-state index is -0.239. The van der Waals surface area contributed by atoms with Crippen LogP contribution in [0.3, 0.4) is 0 Å². The summed E-state index contributed by atoms with van der Waals surface area (Å²) in [5, 5.41) is 3.81. The molecular formula is C18H19N5O3. The highest BCUT2D eigenvalue weighted by Gasteiger charge is 2.30. The Labute approximate surface area is 149 Å². The molecule has 0 aliphatic carbocycles. The van der Waals surface area contributed by atoms with Crippen LogP contribution in [0.25, 0.3) is 11.0 Å². The maximum absolute atomic E-state index is 12.5. The maximum atomic E-state index is 12.5. The highest BCUT2D eigenvalue weighted by molar-refractivity contribution is 5.77. The quantitative estimate of drug-likeness (QED) is 0.763. The predicted molar refractivity (Wildman–Crippen MR) is 93.7 cm³/mol. The van der Waals surface area contributed by atoms with Gasteiger partial charge in [-0.2, -0.15) is 4.98 Å². The average molecular weight is 353 g/mol. The summed E-state index contributed by atoms with van der Waals surface area (Å²) in [7, 11) is 0. The Morgan fingerprint density at radius 3 is 3.00 bits per heavy atom. The third-order valence-corrected chi connectivity index (χ3v) is 4.68. The summed E-state index contributed by atoms with van der Waals surface area (Å²) < 4.78 is 5.21. The van der Waals surface area contributed by atoms with Crippen molar-refractivity contribution in [3.63, 3.8) is 0 Å². The number of aryl methyl sites for hydroxylation is 2. The highest BCUT2D eigenvalue weighted by Crippen LogP contribution is 2.26. The number of likely N-dealkylation sites (tertiary alicyclic amines) is 1. The van der Waals surface area contributed by atoms with Gasteiger partial charge in [0.2, 0.25) is 11.8 Å². The monoisotopic (exact) mass is 353 g/mol. The lowest BCUT2D eigenvalue weighted by Gasteiger charge is -2.15. The second-order valence-corrected chi connectivity index (χ2v) is 6.53. The van der Waals surface area contributed by atoms with Crippen molar-refractivity contribution in [2.24, 2.45) is 0 Å². The predicted octanol–water partition coefficient (Wildman–Crippen LogP) is 1.56. The Morgan fingerprint density at radius 2 is 2.19 bits per heavy atom. The van der Waals surface area contributed by atoms with Gasteiger partial charge in [0.05, 0.1) is 17.0 Å². The molecule has 134 valence electrons. The number of fused-ring (bicyclic) bond motifs is 1. The molecule has 2 aromatic heterocycles. The summed E-state index contributed by atoms with van der Waals surface area (Å²) in [6.45, 7) is 3.01. The number of para-hydroxylation sites is 2. The van der Waals surface area contributed by atoms with Crippen LogP contribution < -0.4 is 5.56 Å². The zero-order chi connectivity index (χ0) is 18.1. The van der Waals surface area contributed by atoms with Crippen LogP contribution in [0.5, 0.6) is 0 Å². The van der Waals surface area contributed by atoms with Gasteiger partial charge < -0.3 is 14.4 Å². The van der Waals surface area contributed by atoms with Crippen LogP contribution in [0, 0.1) is 6.92 Å². The standard InChI is InChI=1S/C18H19N5O3/c1-11-19-18(26-22-11)12-8-9-23(10-12)16(24)7-6-15-17(25)21-14-5-3-2-4-13(14)20-15/h2-5,12H,6-10H2,1H3,(H,21,25)/t12-/m0/s1. The third kappa shape index (κ3) is 3.22. The summed E-state index contributed by atoms with van der Waals surface area (Å²) in [5.41, 5.74) is 1.57. The number of hydrogen-bond acceptors (Lipinski definition) is 6. The Balaban J connectivity index is 1.40. The van der Waals surface area contributed by atoms with Gasteiger partial charge in [0.1, 0.15) is 5.69 Å². The summed E-state index contributed by atoms with van der Waals surface area (Å²) in [4.78, 5) is 37.9. The van der Waals surface area contributed by atoms with Gasteiger partial charge in [-0.15, -0.1) is 0 Å². The zero-order valence-corrected chi connectivity index (χ0v) is 14.4. The van der Waals surface area contributed by atoms with E-state index in [1.807, 2.05) is 24.3 Å². The van der Waals surface area contributed by atoms with E-state index < -0.39 is 0 Å². The van der Waals surface area contributed by atoms with Crippen LogP contribution in [0.15, 0.2) is 33.6 Å². The molecule has 1 N–H and O–H groups in total. The molecule has 0 bridgehead atoms. The minimum Gasteiger partial charge on any atom is -0.342 e. The van der Waals surface area contributed by atoms with Gasteiger partial charge in [0.25, 0.3) is 5.56 Å². The normalized spacial score (nSPS) is 17.1. The number of benzene rings is 1. The van der Waals surface area contributed by atoms with Crippen LogP contribution in [0.1, 0.15) is 36.2 Å². The van der Waals surface area contributed by atoms with E-state index in [0.717, 1.165) is 11.9 Å². The minimum absolute atomic E-state index is 0.0121. The fraction of sp³-hybridized carbons (Fsp3) is 0.389. The van der Waals surface area contributed by atoms with Crippen LogP contribution in [0.4, 0.5) is 0 Å². The smallest absolute Gasteiger partial charge is 0.270 e. The number of carbonyl (C=O) groups excluding carboxylic acids is 1. The van der Waals surface area contributed by atoms with Gasteiger partial charge in [-0.1, -0.05) is 17.3 Å². The lowest BCUT2D eigenvalue weighted by molar-refractivity contribution is -0.130. The van der Waals surface area contributed by atoms with Crippen molar-refractivity contribution in [3.05, 3.63) is 52.0 Å². The number of H-pyrrole nitrogens is 1. The number of nitrogens with one attached hydrogen (secondary N) is 1. The summed E-state index contributed by atoms with van der Waals surface area (Å²) in [6.07, 6.45) is 1.38. The van der Waals surface area contributed by atoms with Gasteiger partial charge in [-0.25, -0.2) is 4.98 Å². The van der Waals surface area contributed by atoms with E-state index in [0.29, 0.717) is 42.4 Å². The van der Waals surface area contributed by atoms with Crippen LogP contribution in [-0.2, 0) is 11.2 Å². The largest absolute Gasteiger partial charge is 0.342 e. The molecular weight excluding hydrogens is 334 g/mol. The van der Waals surface area contributed by atoms with E-state index in [1.165, 1.54) is 0 Å². The SMILES string of the molecule is Cc1noc([C@H]2CCN(C(=O)CCc3nc4ccccc4[nH]c3=O)C2)n1. The molecule has 8 nitrogen and oxygen atoms in total. The Kier molecular flexibility index (Phi) is 4.24. The third-order valence-electron chi connectivity index (χ3n) is 4.68. The van der Waals surface area contributed by atoms with E-state index in [1.54, 1.807) is 11.8 Å². The molecule has 1 atom stereocenters. The fourth-order valence-corrected chi connectivity index (χ4v) is 3.29. The van der Waals surface area contributed by atoms with Gasteiger partial charge in [0, 0.05) is 25.9 Å². The number of rotatable bonds is 4. The van der Waals surface area contributed by atoms with Crippen molar-refractivity contribution in [2.45, 2.75) is 32.1 Å². The van der Waals surface area contributed by atoms with Crippen molar-refractivity contribution in [2.75, 3.05) is 13.1 Å². The van der Waals surface area contributed by atoms with Crippen molar-refractivity contribution >= 4 is 16.9 Å². The first kappa shape index (κ1) is 16.4. The Hall–Kier alpha value is -3.03. The van der Waals surface area contributed by atoms with E-state index >= 15 is 0 Å². The van der Waals surface area contributed by atoms with E-state index in [9.17, 15) is 9.59 Å². The molecule has 0 saturated carbocycles. The number of hydrogen-bond donors (Lipinski definition) is 1. The number of nitrogens with zero attached hydrogens (tertiary/aromatic N) is 4. The van der Waals surface area contributed by atoms with Gasteiger partial charge in [-0.05, 0) is 25.5 Å². The highest BCUT2D eigenvalue weighted by atomic mass is 16.5. The number of carbonyl (C=O) groups is 1.